The first-order chi connectivity index (χ1) is 21.4. The van der Waals surface area contributed by atoms with Crippen LogP contribution in [0, 0.1) is 23.5 Å². The van der Waals surface area contributed by atoms with Crippen LogP contribution in [0.5, 0.6) is 5.75 Å². The summed E-state index contributed by atoms with van der Waals surface area (Å²) in [4.78, 5) is 50.3. The molecule has 0 aromatic heterocycles. The molecule has 4 N–H and O–H groups in total. The third kappa shape index (κ3) is 8.42. The van der Waals surface area contributed by atoms with E-state index in [0.717, 1.165) is 5.56 Å². The van der Waals surface area contributed by atoms with E-state index in [9.17, 15) is 38.2 Å². The van der Waals surface area contributed by atoms with E-state index < -0.39 is 66.7 Å². The van der Waals surface area contributed by atoms with Crippen molar-refractivity contribution in [2.75, 3.05) is 18.1 Å². The quantitative estimate of drug-likeness (QED) is 0.199. The van der Waals surface area contributed by atoms with Crippen molar-refractivity contribution in [2.24, 2.45) is 11.8 Å². The Bertz CT molecular complexity index is 1500. The van der Waals surface area contributed by atoms with Crippen molar-refractivity contribution < 1.29 is 42.9 Å². The molecular weight excluding hydrogens is 588 g/mol. The minimum absolute atomic E-state index is 0.179. The van der Waals surface area contributed by atoms with Crippen LogP contribution in [0.15, 0.2) is 72.8 Å². The number of aliphatic hydroxyl groups excluding tert-OH is 1. The number of carboxylic acids is 1. The van der Waals surface area contributed by atoms with Gasteiger partial charge in [-0.2, -0.15) is 0 Å². The fourth-order valence-corrected chi connectivity index (χ4v) is 5.17. The highest BCUT2D eigenvalue weighted by Crippen LogP contribution is 2.46. The number of nitrogens with zero attached hydrogens (tertiary/aromatic N) is 1. The van der Waals surface area contributed by atoms with Crippen LogP contribution in [0.4, 0.5) is 14.5 Å². The average molecular weight is 624 g/mol. The number of benzene rings is 3. The van der Waals surface area contributed by atoms with Gasteiger partial charge in [0.15, 0.2) is 6.61 Å². The molecule has 0 unspecified atom stereocenters. The standard InChI is InChI=1S/C33H35F2N3O7/c1-19(2)30(33(43)44)37-28(40)17-36-29(41)18-45-25-13-5-21(6-14-25)31-26(15-16-27(39)20-3-7-22(34)8-4-20)32(42)38(31)24-11-9-23(35)10-12-24/h3-14,19,26-27,30-31,39H,15-18H2,1-2H3,(H,36,41)(H,37,40)(H,43,44)/t26-,27+,30-,31-/m1/s1. The average Bonchev–Trinajstić information content (AvgIpc) is 3.01. The summed E-state index contributed by atoms with van der Waals surface area (Å²) >= 11 is 0. The molecule has 0 bridgehead atoms. The molecule has 45 heavy (non-hydrogen) atoms. The van der Waals surface area contributed by atoms with E-state index in [-0.39, 0.29) is 18.2 Å². The number of aliphatic hydroxyl groups is 1. The number of halogens is 2. The molecular formula is C33H35F2N3O7. The second-order valence-electron chi connectivity index (χ2n) is 11.1. The van der Waals surface area contributed by atoms with E-state index >= 15 is 0 Å². The summed E-state index contributed by atoms with van der Waals surface area (Å²) in [7, 11) is 0. The summed E-state index contributed by atoms with van der Waals surface area (Å²) in [6, 6.07) is 16.4. The zero-order valence-electron chi connectivity index (χ0n) is 24.8. The Balaban J connectivity index is 1.37. The van der Waals surface area contributed by atoms with Crippen molar-refractivity contribution >= 4 is 29.4 Å². The molecule has 0 saturated carbocycles. The van der Waals surface area contributed by atoms with Crippen molar-refractivity contribution in [1.29, 1.82) is 0 Å². The number of amides is 3. The Labute approximate surface area is 259 Å². The molecule has 3 aromatic rings. The summed E-state index contributed by atoms with van der Waals surface area (Å²) in [6.07, 6.45) is -0.282. The van der Waals surface area contributed by atoms with Crippen LogP contribution in [0.25, 0.3) is 0 Å². The summed E-state index contributed by atoms with van der Waals surface area (Å²) in [5.41, 5.74) is 1.82. The van der Waals surface area contributed by atoms with Crippen molar-refractivity contribution in [3.05, 3.63) is 95.6 Å². The first kappa shape index (κ1) is 33.1. The zero-order chi connectivity index (χ0) is 32.7. The molecule has 3 aromatic carbocycles. The summed E-state index contributed by atoms with van der Waals surface area (Å²) in [6.45, 7) is 2.50. The molecule has 1 fully saturated rings. The number of hydrogen-bond acceptors (Lipinski definition) is 6. The fraction of sp³-hybridized carbons (Fsp3) is 0.333. The molecule has 1 aliphatic rings. The monoisotopic (exact) mass is 623 g/mol. The number of hydrogen-bond donors (Lipinski definition) is 4. The molecule has 10 nitrogen and oxygen atoms in total. The molecule has 4 atom stereocenters. The Morgan fingerprint density at radius 2 is 1.51 bits per heavy atom. The van der Waals surface area contributed by atoms with Crippen LogP contribution in [-0.2, 0) is 19.2 Å². The number of β-lactam (4-membered cyclic amide) rings is 1. The first-order valence-corrected chi connectivity index (χ1v) is 14.5. The molecule has 4 rings (SSSR count). The van der Waals surface area contributed by atoms with Crippen LogP contribution in [0.3, 0.4) is 0 Å². The van der Waals surface area contributed by atoms with E-state index in [1.165, 1.54) is 48.5 Å². The van der Waals surface area contributed by atoms with E-state index in [0.29, 0.717) is 23.4 Å². The molecule has 0 radical (unpaired) electrons. The van der Waals surface area contributed by atoms with Gasteiger partial charge in [-0.05, 0) is 78.4 Å². The number of carboxylic acid groups (broad SMARTS) is 1. The molecule has 1 saturated heterocycles. The number of rotatable bonds is 14. The summed E-state index contributed by atoms with van der Waals surface area (Å²) in [5, 5.41) is 24.6. The lowest BCUT2D eigenvalue weighted by Gasteiger charge is -2.48. The van der Waals surface area contributed by atoms with Crippen molar-refractivity contribution in [3.8, 4) is 5.75 Å². The predicted octanol–water partition coefficient (Wildman–Crippen LogP) is 3.90. The summed E-state index contributed by atoms with van der Waals surface area (Å²) < 4.78 is 32.4. The second kappa shape index (κ2) is 14.8. The highest BCUT2D eigenvalue weighted by Gasteiger charge is 2.48. The highest BCUT2D eigenvalue weighted by molar-refractivity contribution is 6.03. The molecule has 0 spiro atoms. The fourth-order valence-electron chi connectivity index (χ4n) is 5.17. The van der Waals surface area contributed by atoms with Crippen LogP contribution < -0.4 is 20.3 Å². The lowest BCUT2D eigenvalue weighted by Crippen LogP contribution is -2.55. The van der Waals surface area contributed by atoms with Crippen molar-refractivity contribution in [2.45, 2.75) is 44.9 Å². The SMILES string of the molecule is CC(C)[C@@H](NC(=O)CNC(=O)COc1ccc([C@@H]2[C@@H](CC[C@H](O)c3ccc(F)cc3)C(=O)N2c2ccc(F)cc2)cc1)C(=O)O. The number of ether oxygens (including phenoxy) is 1. The number of anilines is 1. The lowest BCUT2D eigenvalue weighted by atomic mass is 9.78. The minimum Gasteiger partial charge on any atom is -0.484 e. The van der Waals surface area contributed by atoms with Crippen LogP contribution in [-0.4, -0.2) is 53.1 Å². The maximum absolute atomic E-state index is 13.6. The Morgan fingerprint density at radius 1 is 0.911 bits per heavy atom. The maximum atomic E-state index is 13.6. The van der Waals surface area contributed by atoms with Gasteiger partial charge in [0.05, 0.1) is 24.6 Å². The topological polar surface area (TPSA) is 145 Å². The van der Waals surface area contributed by atoms with Crippen molar-refractivity contribution in [3.63, 3.8) is 0 Å². The number of nitrogens with one attached hydrogen (secondary N) is 2. The van der Waals surface area contributed by atoms with E-state index in [2.05, 4.69) is 10.6 Å². The van der Waals surface area contributed by atoms with Gasteiger partial charge in [0.1, 0.15) is 23.4 Å². The largest absolute Gasteiger partial charge is 0.484 e. The number of carbonyl (C=O) groups is 4. The molecule has 238 valence electrons. The van der Waals surface area contributed by atoms with Crippen LogP contribution in [0.2, 0.25) is 0 Å². The minimum atomic E-state index is -1.17. The second-order valence-corrected chi connectivity index (χ2v) is 11.1. The Morgan fingerprint density at radius 3 is 2.09 bits per heavy atom. The van der Waals surface area contributed by atoms with Gasteiger partial charge < -0.3 is 30.5 Å². The van der Waals surface area contributed by atoms with Gasteiger partial charge in [-0.3, -0.25) is 14.4 Å². The normalized spacial score (nSPS) is 17.3. The first-order valence-electron chi connectivity index (χ1n) is 14.5. The third-order valence-corrected chi connectivity index (χ3v) is 7.61. The van der Waals surface area contributed by atoms with Gasteiger partial charge in [0.2, 0.25) is 11.8 Å². The molecule has 0 aliphatic carbocycles. The zero-order valence-corrected chi connectivity index (χ0v) is 24.8. The van der Waals surface area contributed by atoms with Gasteiger partial charge in [-0.15, -0.1) is 0 Å². The maximum Gasteiger partial charge on any atom is 0.326 e. The predicted molar refractivity (Wildman–Crippen MR) is 160 cm³/mol. The third-order valence-electron chi connectivity index (χ3n) is 7.61. The van der Waals surface area contributed by atoms with Gasteiger partial charge in [-0.25, -0.2) is 13.6 Å². The number of carbonyl (C=O) groups excluding carboxylic acids is 3. The number of aliphatic carboxylic acids is 1. The van der Waals surface area contributed by atoms with Crippen LogP contribution >= 0.6 is 0 Å². The summed E-state index contributed by atoms with van der Waals surface area (Å²) in [5.74, 6) is -3.89. The Kier molecular flexibility index (Phi) is 10.8. The van der Waals surface area contributed by atoms with E-state index in [1.807, 2.05) is 0 Å². The molecule has 12 heteroatoms. The van der Waals surface area contributed by atoms with Crippen LogP contribution in [0.1, 0.15) is 50.0 Å². The highest BCUT2D eigenvalue weighted by atomic mass is 19.1. The smallest absolute Gasteiger partial charge is 0.326 e. The molecule has 1 heterocycles. The van der Waals surface area contributed by atoms with Gasteiger partial charge in [0, 0.05) is 5.69 Å². The van der Waals surface area contributed by atoms with Crippen molar-refractivity contribution in [1.82, 2.24) is 10.6 Å². The lowest BCUT2D eigenvalue weighted by molar-refractivity contribution is -0.143. The molecule has 3 amide bonds. The van der Waals surface area contributed by atoms with Gasteiger partial charge >= 0.3 is 5.97 Å². The Hall–Kier alpha value is -4.84. The van der Waals surface area contributed by atoms with E-state index in [4.69, 9.17) is 4.74 Å². The van der Waals surface area contributed by atoms with Gasteiger partial charge in [-0.1, -0.05) is 38.1 Å². The molecule has 1 aliphatic heterocycles. The van der Waals surface area contributed by atoms with E-state index in [1.54, 1.807) is 43.0 Å². The van der Waals surface area contributed by atoms with Gasteiger partial charge in [0.25, 0.3) is 5.91 Å².